The number of aliphatic hydroxyl groups is 1. The van der Waals surface area contributed by atoms with Gasteiger partial charge in [0.25, 0.3) is 0 Å². The van der Waals surface area contributed by atoms with Gasteiger partial charge in [-0.3, -0.25) is 4.79 Å². The molecule has 0 spiro atoms. The van der Waals surface area contributed by atoms with Crippen molar-refractivity contribution in [3.05, 3.63) is 35.4 Å². The summed E-state index contributed by atoms with van der Waals surface area (Å²) in [6.45, 7) is 10.1. The van der Waals surface area contributed by atoms with Crippen LogP contribution in [0.1, 0.15) is 38.8 Å². The Bertz CT molecular complexity index is 423. The summed E-state index contributed by atoms with van der Waals surface area (Å²) in [5.74, 6) is 0.0420. The van der Waals surface area contributed by atoms with Crippen LogP contribution in [0.3, 0.4) is 0 Å². The maximum Gasteiger partial charge on any atom is 0.226 e. The van der Waals surface area contributed by atoms with Crippen LogP contribution in [0.5, 0.6) is 0 Å². The highest BCUT2D eigenvalue weighted by Crippen LogP contribution is 2.14. The Balaban J connectivity index is 2.71. The van der Waals surface area contributed by atoms with Crippen molar-refractivity contribution in [2.24, 2.45) is 5.92 Å². The quantitative estimate of drug-likeness (QED) is 0.868. The Kier molecular flexibility index (Phi) is 6.21. The van der Waals surface area contributed by atoms with E-state index in [0.717, 1.165) is 6.42 Å². The number of nitrogens with zero attached hydrogens (tertiary/aromatic N) is 1. The lowest BCUT2D eigenvalue weighted by Gasteiger charge is -2.30. The van der Waals surface area contributed by atoms with Crippen molar-refractivity contribution in [3.8, 4) is 0 Å². The zero-order chi connectivity index (χ0) is 15.3. The third kappa shape index (κ3) is 4.97. The standard InChI is InChI=1S/C17H27NO2/c1-12(2)18(11-15(5)19)17(20)14(4)10-16-8-6-13(3)7-9-16/h6-9,12,14-15,19H,10-11H2,1-5H3. The van der Waals surface area contributed by atoms with Gasteiger partial charge in [-0.05, 0) is 39.7 Å². The van der Waals surface area contributed by atoms with E-state index in [1.54, 1.807) is 11.8 Å². The highest BCUT2D eigenvalue weighted by molar-refractivity contribution is 5.79. The molecule has 0 bridgehead atoms. The molecule has 20 heavy (non-hydrogen) atoms. The maximum absolute atomic E-state index is 12.5. The van der Waals surface area contributed by atoms with Gasteiger partial charge in [0.1, 0.15) is 0 Å². The number of hydrogen-bond acceptors (Lipinski definition) is 2. The van der Waals surface area contributed by atoms with Crippen molar-refractivity contribution in [2.75, 3.05) is 6.54 Å². The van der Waals surface area contributed by atoms with Crippen molar-refractivity contribution in [1.82, 2.24) is 4.90 Å². The van der Waals surface area contributed by atoms with Crippen LogP contribution in [0.4, 0.5) is 0 Å². The minimum Gasteiger partial charge on any atom is -0.392 e. The average Bonchev–Trinajstić information content (AvgIpc) is 2.37. The molecule has 0 heterocycles. The second kappa shape index (κ2) is 7.44. The molecule has 0 aliphatic carbocycles. The van der Waals surface area contributed by atoms with E-state index in [1.165, 1.54) is 11.1 Å². The van der Waals surface area contributed by atoms with Crippen LogP contribution in [0, 0.1) is 12.8 Å². The van der Waals surface area contributed by atoms with Crippen LogP contribution >= 0.6 is 0 Å². The first-order valence-corrected chi connectivity index (χ1v) is 7.35. The molecular weight excluding hydrogens is 250 g/mol. The van der Waals surface area contributed by atoms with Crippen molar-refractivity contribution < 1.29 is 9.90 Å². The Labute approximate surface area is 122 Å². The molecule has 0 aliphatic heterocycles. The van der Waals surface area contributed by atoms with Gasteiger partial charge in [0, 0.05) is 18.5 Å². The summed E-state index contributed by atoms with van der Waals surface area (Å²) in [6, 6.07) is 8.41. The molecule has 1 amide bonds. The van der Waals surface area contributed by atoms with Gasteiger partial charge in [0.05, 0.1) is 6.10 Å². The molecule has 1 aromatic carbocycles. The topological polar surface area (TPSA) is 40.5 Å². The summed E-state index contributed by atoms with van der Waals surface area (Å²) in [5, 5.41) is 9.53. The molecule has 1 rings (SSSR count). The molecular formula is C17H27NO2. The molecule has 1 N–H and O–H groups in total. The molecule has 1 aromatic rings. The molecule has 0 saturated carbocycles. The van der Waals surface area contributed by atoms with Crippen molar-refractivity contribution in [1.29, 1.82) is 0 Å². The molecule has 0 aliphatic rings. The zero-order valence-electron chi connectivity index (χ0n) is 13.3. The van der Waals surface area contributed by atoms with E-state index in [-0.39, 0.29) is 17.9 Å². The summed E-state index contributed by atoms with van der Waals surface area (Å²) in [7, 11) is 0. The number of aliphatic hydroxyl groups excluding tert-OH is 1. The lowest BCUT2D eigenvalue weighted by atomic mass is 9.98. The monoisotopic (exact) mass is 277 g/mol. The number of hydrogen-bond donors (Lipinski definition) is 1. The van der Waals surface area contributed by atoms with E-state index in [2.05, 4.69) is 31.2 Å². The van der Waals surface area contributed by atoms with Crippen LogP contribution in [-0.4, -0.2) is 34.6 Å². The number of benzene rings is 1. The average molecular weight is 277 g/mol. The summed E-state index contributed by atoms with van der Waals surface area (Å²) in [6.07, 6.45) is 0.246. The van der Waals surface area contributed by atoms with Gasteiger partial charge < -0.3 is 10.0 Å². The molecule has 0 aromatic heterocycles. The molecule has 0 saturated heterocycles. The maximum atomic E-state index is 12.5. The molecule has 3 nitrogen and oxygen atoms in total. The fraction of sp³-hybridized carbons (Fsp3) is 0.588. The largest absolute Gasteiger partial charge is 0.392 e. The van der Waals surface area contributed by atoms with E-state index in [4.69, 9.17) is 0 Å². The van der Waals surface area contributed by atoms with Crippen LogP contribution in [-0.2, 0) is 11.2 Å². The fourth-order valence-electron chi connectivity index (χ4n) is 2.29. The van der Waals surface area contributed by atoms with Gasteiger partial charge >= 0.3 is 0 Å². The predicted molar refractivity (Wildman–Crippen MR) is 82.6 cm³/mol. The SMILES string of the molecule is Cc1ccc(CC(C)C(=O)N(CC(C)O)C(C)C)cc1. The molecule has 0 fully saturated rings. The number of aryl methyl sites for hydroxylation is 1. The Morgan fingerprint density at radius 1 is 1.15 bits per heavy atom. The normalized spacial score (nSPS) is 14.2. The minimum absolute atomic E-state index is 0.0705. The van der Waals surface area contributed by atoms with E-state index in [0.29, 0.717) is 6.54 Å². The van der Waals surface area contributed by atoms with Crippen molar-refractivity contribution >= 4 is 5.91 Å². The lowest BCUT2D eigenvalue weighted by molar-refractivity contribution is -0.138. The molecule has 0 radical (unpaired) electrons. The smallest absolute Gasteiger partial charge is 0.226 e. The summed E-state index contributed by atoms with van der Waals surface area (Å²) in [4.78, 5) is 14.3. The van der Waals surface area contributed by atoms with Gasteiger partial charge in [0.15, 0.2) is 0 Å². The van der Waals surface area contributed by atoms with Gasteiger partial charge in [-0.2, -0.15) is 0 Å². The second-order valence-corrected chi connectivity index (χ2v) is 6.02. The number of rotatable bonds is 6. The molecule has 2 unspecified atom stereocenters. The Hall–Kier alpha value is -1.35. The van der Waals surface area contributed by atoms with Crippen LogP contribution in [0.25, 0.3) is 0 Å². The van der Waals surface area contributed by atoms with E-state index >= 15 is 0 Å². The van der Waals surface area contributed by atoms with Crippen molar-refractivity contribution in [2.45, 2.75) is 53.2 Å². The number of carbonyl (C=O) groups is 1. The van der Waals surface area contributed by atoms with Crippen LogP contribution < -0.4 is 0 Å². The van der Waals surface area contributed by atoms with Gasteiger partial charge in [-0.25, -0.2) is 0 Å². The first-order valence-electron chi connectivity index (χ1n) is 7.35. The van der Waals surface area contributed by atoms with E-state index < -0.39 is 6.10 Å². The Morgan fingerprint density at radius 3 is 2.15 bits per heavy atom. The van der Waals surface area contributed by atoms with Gasteiger partial charge in [-0.1, -0.05) is 36.8 Å². The predicted octanol–water partition coefficient (Wildman–Crippen LogP) is 2.79. The molecule has 3 heteroatoms. The number of carbonyl (C=O) groups excluding carboxylic acids is 1. The highest BCUT2D eigenvalue weighted by Gasteiger charge is 2.23. The zero-order valence-corrected chi connectivity index (χ0v) is 13.3. The highest BCUT2D eigenvalue weighted by atomic mass is 16.3. The Morgan fingerprint density at radius 2 is 1.70 bits per heavy atom. The van der Waals surface area contributed by atoms with Gasteiger partial charge in [0.2, 0.25) is 5.91 Å². The van der Waals surface area contributed by atoms with E-state index in [9.17, 15) is 9.90 Å². The third-order valence-electron chi connectivity index (χ3n) is 3.45. The minimum atomic E-state index is -0.493. The third-order valence-corrected chi connectivity index (χ3v) is 3.45. The number of amides is 1. The molecule has 2 atom stereocenters. The van der Waals surface area contributed by atoms with Crippen LogP contribution in [0.2, 0.25) is 0 Å². The fourth-order valence-corrected chi connectivity index (χ4v) is 2.29. The first-order chi connectivity index (χ1) is 9.31. The lowest BCUT2D eigenvalue weighted by Crippen LogP contribution is -2.44. The molecule has 112 valence electrons. The second-order valence-electron chi connectivity index (χ2n) is 6.02. The summed E-state index contributed by atoms with van der Waals surface area (Å²) >= 11 is 0. The van der Waals surface area contributed by atoms with Gasteiger partial charge in [-0.15, -0.1) is 0 Å². The van der Waals surface area contributed by atoms with E-state index in [1.807, 2.05) is 20.8 Å². The summed E-state index contributed by atoms with van der Waals surface area (Å²) in [5.41, 5.74) is 2.41. The first kappa shape index (κ1) is 16.7. The van der Waals surface area contributed by atoms with Crippen LogP contribution in [0.15, 0.2) is 24.3 Å². The van der Waals surface area contributed by atoms with Crippen molar-refractivity contribution in [3.63, 3.8) is 0 Å². The summed E-state index contributed by atoms with van der Waals surface area (Å²) < 4.78 is 0.